The van der Waals surface area contributed by atoms with Gasteiger partial charge in [-0.15, -0.1) is 11.3 Å². The van der Waals surface area contributed by atoms with Crippen LogP contribution in [-0.4, -0.2) is 29.5 Å². The van der Waals surface area contributed by atoms with Crippen molar-refractivity contribution in [1.29, 1.82) is 0 Å². The van der Waals surface area contributed by atoms with E-state index in [0.717, 1.165) is 23.8 Å². The molecule has 0 unspecified atom stereocenters. The van der Waals surface area contributed by atoms with E-state index in [0.29, 0.717) is 0 Å². The van der Waals surface area contributed by atoms with Crippen molar-refractivity contribution in [2.45, 2.75) is 26.8 Å². The van der Waals surface area contributed by atoms with Gasteiger partial charge in [0, 0.05) is 16.8 Å². The molecule has 18 heavy (non-hydrogen) atoms. The number of hydrogen-bond donors (Lipinski definition) is 2. The monoisotopic (exact) mass is 289 g/mol. The van der Waals surface area contributed by atoms with Gasteiger partial charge >= 0.3 is 0 Å². The summed E-state index contributed by atoms with van der Waals surface area (Å²) in [5.41, 5.74) is 5.36. The van der Waals surface area contributed by atoms with Crippen LogP contribution in [-0.2, 0) is 6.54 Å². The van der Waals surface area contributed by atoms with Crippen molar-refractivity contribution < 1.29 is 5.21 Å². The Morgan fingerprint density at radius 1 is 1.56 bits per heavy atom. The van der Waals surface area contributed by atoms with Crippen LogP contribution in [0.1, 0.15) is 25.1 Å². The van der Waals surface area contributed by atoms with Gasteiger partial charge in [0.15, 0.2) is 0 Å². The maximum atomic E-state index is 8.71. The van der Waals surface area contributed by atoms with E-state index in [9.17, 15) is 0 Å². The van der Waals surface area contributed by atoms with Gasteiger partial charge in [-0.25, -0.2) is 0 Å². The molecule has 0 bridgehead atoms. The van der Waals surface area contributed by atoms with Gasteiger partial charge in [-0.2, -0.15) is 0 Å². The molecule has 0 saturated carbocycles. The Bertz CT molecular complexity index is 417. The standard InChI is InChI=1S/C12H20ClN3OS/c1-12(2,11(14)15-17)6-7-16(3)8-9-4-5-10(13)18-9/h4-5,17H,6-8H2,1-3H3,(H2,14,15). The molecule has 0 amide bonds. The molecule has 6 heteroatoms. The SMILES string of the molecule is CN(CCC(C)(C)C(N)=NO)Cc1ccc(Cl)s1. The zero-order valence-corrected chi connectivity index (χ0v) is 12.6. The largest absolute Gasteiger partial charge is 0.409 e. The highest BCUT2D eigenvalue weighted by atomic mass is 35.5. The first-order valence-electron chi connectivity index (χ1n) is 5.76. The number of nitrogens with two attached hydrogens (primary N) is 1. The second-order valence-corrected chi connectivity index (χ2v) is 6.86. The Kier molecular flexibility index (Phi) is 5.44. The third kappa shape index (κ3) is 4.48. The molecule has 1 rings (SSSR count). The lowest BCUT2D eigenvalue weighted by Gasteiger charge is -2.26. The molecule has 1 heterocycles. The van der Waals surface area contributed by atoms with Crippen molar-refractivity contribution in [3.63, 3.8) is 0 Å². The van der Waals surface area contributed by atoms with Crippen LogP contribution < -0.4 is 5.73 Å². The number of oxime groups is 1. The smallest absolute Gasteiger partial charge is 0.144 e. The van der Waals surface area contributed by atoms with E-state index in [4.69, 9.17) is 22.5 Å². The first-order chi connectivity index (χ1) is 8.35. The van der Waals surface area contributed by atoms with E-state index < -0.39 is 0 Å². The summed E-state index contributed by atoms with van der Waals surface area (Å²) in [6, 6.07) is 3.95. The van der Waals surface area contributed by atoms with Crippen molar-refractivity contribution >= 4 is 28.8 Å². The zero-order chi connectivity index (χ0) is 13.8. The minimum Gasteiger partial charge on any atom is -0.409 e. The van der Waals surface area contributed by atoms with E-state index in [-0.39, 0.29) is 11.3 Å². The molecule has 0 aliphatic rings. The maximum absolute atomic E-state index is 8.71. The second-order valence-electron chi connectivity index (χ2n) is 5.06. The molecule has 3 N–H and O–H groups in total. The van der Waals surface area contributed by atoms with Gasteiger partial charge in [0.25, 0.3) is 0 Å². The number of halogens is 1. The third-order valence-corrected chi connectivity index (χ3v) is 4.19. The minimum atomic E-state index is -0.296. The molecule has 4 nitrogen and oxygen atoms in total. The molecule has 0 aromatic carbocycles. The summed E-state index contributed by atoms with van der Waals surface area (Å²) >= 11 is 7.49. The molecule has 1 aromatic rings. The van der Waals surface area contributed by atoms with E-state index >= 15 is 0 Å². The number of hydrogen-bond acceptors (Lipinski definition) is 4. The molecule has 0 aliphatic heterocycles. The Morgan fingerprint density at radius 3 is 2.72 bits per heavy atom. The quantitative estimate of drug-likeness (QED) is 0.366. The molecule has 1 aromatic heterocycles. The third-order valence-electron chi connectivity index (χ3n) is 2.97. The number of nitrogens with zero attached hydrogens (tertiary/aromatic N) is 2. The van der Waals surface area contributed by atoms with Gasteiger partial charge in [-0.3, -0.25) is 0 Å². The predicted octanol–water partition coefficient (Wildman–Crippen LogP) is 3.00. The topological polar surface area (TPSA) is 61.8 Å². The fourth-order valence-corrected chi connectivity index (χ4v) is 2.68. The normalized spacial score (nSPS) is 13.3. The highest BCUT2D eigenvalue weighted by molar-refractivity contribution is 7.16. The zero-order valence-electron chi connectivity index (χ0n) is 11.0. The van der Waals surface area contributed by atoms with Crippen LogP contribution in [0.4, 0.5) is 0 Å². The Labute approximate surface area is 117 Å². The second kappa shape index (κ2) is 6.41. The van der Waals surface area contributed by atoms with Crippen LogP contribution in [0.2, 0.25) is 4.34 Å². The molecule has 0 spiro atoms. The molecule has 0 aliphatic carbocycles. The van der Waals surface area contributed by atoms with Gasteiger partial charge in [-0.1, -0.05) is 30.6 Å². The van der Waals surface area contributed by atoms with Crippen LogP contribution in [0.25, 0.3) is 0 Å². The average molecular weight is 290 g/mol. The molecule has 0 radical (unpaired) electrons. The van der Waals surface area contributed by atoms with Crippen molar-refractivity contribution in [1.82, 2.24) is 4.90 Å². The van der Waals surface area contributed by atoms with Gasteiger partial charge in [0.05, 0.1) is 4.34 Å². The van der Waals surface area contributed by atoms with Crippen LogP contribution in [0, 0.1) is 5.41 Å². The van der Waals surface area contributed by atoms with Crippen LogP contribution in [0.15, 0.2) is 17.3 Å². The average Bonchev–Trinajstić information content (AvgIpc) is 2.71. The van der Waals surface area contributed by atoms with Gasteiger partial charge in [0.2, 0.25) is 0 Å². The highest BCUT2D eigenvalue weighted by Gasteiger charge is 2.23. The molecule has 102 valence electrons. The van der Waals surface area contributed by atoms with Crippen LogP contribution in [0.5, 0.6) is 0 Å². The Hall–Kier alpha value is -0.780. The summed E-state index contributed by atoms with van der Waals surface area (Å²) in [6.07, 6.45) is 0.832. The van der Waals surface area contributed by atoms with E-state index in [1.54, 1.807) is 11.3 Å². The van der Waals surface area contributed by atoms with Crippen LogP contribution in [0.3, 0.4) is 0 Å². The van der Waals surface area contributed by atoms with E-state index in [1.807, 2.05) is 26.0 Å². The van der Waals surface area contributed by atoms with Gasteiger partial charge in [-0.05, 0) is 32.1 Å². The number of amidine groups is 1. The minimum absolute atomic E-state index is 0.273. The predicted molar refractivity (Wildman–Crippen MR) is 77.5 cm³/mol. The summed E-state index contributed by atoms with van der Waals surface area (Å²) in [5.74, 6) is 0.273. The van der Waals surface area contributed by atoms with Gasteiger partial charge < -0.3 is 15.8 Å². The van der Waals surface area contributed by atoms with Crippen molar-refractivity contribution in [2.24, 2.45) is 16.3 Å². The molecule has 0 atom stereocenters. The Morgan fingerprint density at radius 2 is 2.22 bits per heavy atom. The summed E-state index contributed by atoms with van der Waals surface area (Å²) < 4.78 is 0.815. The van der Waals surface area contributed by atoms with E-state index in [1.165, 1.54) is 4.88 Å². The van der Waals surface area contributed by atoms with E-state index in [2.05, 4.69) is 17.1 Å². The lowest BCUT2D eigenvalue weighted by Crippen LogP contribution is -2.35. The van der Waals surface area contributed by atoms with Crippen molar-refractivity contribution in [2.75, 3.05) is 13.6 Å². The number of thiophene rings is 1. The molecule has 0 fully saturated rings. The highest BCUT2D eigenvalue weighted by Crippen LogP contribution is 2.24. The maximum Gasteiger partial charge on any atom is 0.144 e. The fourth-order valence-electron chi connectivity index (χ4n) is 1.52. The fraction of sp³-hybridized carbons (Fsp3) is 0.583. The van der Waals surface area contributed by atoms with Crippen molar-refractivity contribution in [3.05, 3.63) is 21.3 Å². The van der Waals surface area contributed by atoms with Crippen LogP contribution >= 0.6 is 22.9 Å². The lowest BCUT2D eigenvalue weighted by atomic mass is 9.88. The van der Waals surface area contributed by atoms with Crippen molar-refractivity contribution in [3.8, 4) is 0 Å². The summed E-state index contributed by atoms with van der Waals surface area (Å²) in [7, 11) is 2.05. The summed E-state index contributed by atoms with van der Waals surface area (Å²) in [5, 5.41) is 11.8. The summed E-state index contributed by atoms with van der Waals surface area (Å²) in [6.45, 7) is 5.68. The molecular weight excluding hydrogens is 270 g/mol. The molecule has 0 saturated heterocycles. The first kappa shape index (κ1) is 15.3. The Balaban J connectivity index is 2.44. The summed E-state index contributed by atoms with van der Waals surface area (Å²) in [4.78, 5) is 3.44. The number of rotatable bonds is 6. The molecular formula is C12H20ClN3OS. The first-order valence-corrected chi connectivity index (χ1v) is 6.95. The van der Waals surface area contributed by atoms with Gasteiger partial charge in [0.1, 0.15) is 5.84 Å². The lowest BCUT2D eigenvalue weighted by molar-refractivity contribution is 0.273.